The summed E-state index contributed by atoms with van der Waals surface area (Å²) in [5.74, 6) is 0. The molecule has 0 amide bonds. The minimum absolute atomic E-state index is 0.000162. The lowest BCUT2D eigenvalue weighted by molar-refractivity contribution is 1.17. The molecule has 0 saturated heterocycles. The Morgan fingerprint density at radius 2 is 1.02 bits per heavy atom. The summed E-state index contributed by atoms with van der Waals surface area (Å²) in [5.41, 5.74) is 4.78. The van der Waals surface area contributed by atoms with Gasteiger partial charge in [-0.3, -0.25) is 0 Å². The monoisotopic (exact) mass is 622 g/mol. The quantitative estimate of drug-likeness (QED) is 0.185. The molecule has 0 saturated carbocycles. The molecule has 2 nitrogen and oxygen atoms in total. The molecule has 224 valence electrons. The predicted molar refractivity (Wildman–Crippen MR) is 203 cm³/mol. The lowest BCUT2D eigenvalue weighted by Gasteiger charge is -2.15. The molecule has 2 aromatic heterocycles. The second-order valence-corrected chi connectivity index (χ2v) is 11.6. The van der Waals surface area contributed by atoms with Gasteiger partial charge in [0.05, 0.1) is 38.5 Å². The van der Waals surface area contributed by atoms with Gasteiger partial charge in [-0.2, -0.15) is 0 Å². The summed E-state index contributed by atoms with van der Waals surface area (Å²) in [4.78, 5) is 0. The first-order valence-corrected chi connectivity index (χ1v) is 15.6. The van der Waals surface area contributed by atoms with Crippen LogP contribution in [0.1, 0.15) is 16.4 Å². The predicted octanol–water partition coefficient (Wildman–Crippen LogP) is 12.4. The Hall–Kier alpha value is -6.38. The van der Waals surface area contributed by atoms with E-state index in [9.17, 15) is 6.85 Å². The minimum atomic E-state index is -0.576. The highest BCUT2D eigenvalue weighted by Crippen LogP contribution is 2.43. The summed E-state index contributed by atoms with van der Waals surface area (Å²) >= 11 is 0. The maximum atomic E-state index is 10.2. The van der Waals surface area contributed by atoms with Gasteiger partial charge in [0.1, 0.15) is 0 Å². The van der Waals surface area contributed by atoms with Gasteiger partial charge in [0.2, 0.25) is 0 Å². The summed E-state index contributed by atoms with van der Waals surface area (Å²) in [7, 11) is 0. The van der Waals surface area contributed by atoms with Gasteiger partial charge in [0.25, 0.3) is 0 Å². The fourth-order valence-electron chi connectivity index (χ4n) is 6.85. The van der Waals surface area contributed by atoms with Crippen molar-refractivity contribution in [3.63, 3.8) is 0 Å². The van der Waals surface area contributed by atoms with Crippen molar-refractivity contribution in [2.45, 2.75) is 0 Å². The van der Waals surface area contributed by atoms with E-state index in [1.165, 1.54) is 0 Å². The van der Waals surface area contributed by atoms with Crippen LogP contribution in [0.15, 0.2) is 182 Å². The third-order valence-electron chi connectivity index (χ3n) is 8.95. The van der Waals surface area contributed by atoms with E-state index < -0.39 is 48.3 Å². The van der Waals surface area contributed by atoms with E-state index in [1.54, 1.807) is 39.5 Å². The van der Waals surface area contributed by atoms with Gasteiger partial charge in [0.15, 0.2) is 0 Å². The standard InChI is InChI=1S/C46H30N2/c1-4-14-31(15-5-1)36-26-25-35(28-39(36)32-16-6-2-7-17-32)48-42-23-13-12-22-38(42)40-29-41-45(30-44(40)48)47(34-19-8-3-9-20-34)43-27-24-33-18-10-11-21-37(33)46(41)43/h1-30H/i10D,11D,12D,13D,18D,21D,22D,23D,24D,27D,29D,30D. The number of para-hydroxylation sites is 2. The van der Waals surface area contributed by atoms with Crippen molar-refractivity contribution in [3.05, 3.63) is 182 Å². The van der Waals surface area contributed by atoms with Crippen molar-refractivity contribution in [1.82, 2.24) is 9.13 Å². The number of fused-ring (bicyclic) bond motifs is 8. The Bertz CT molecular complexity index is 3490. The molecule has 0 aliphatic rings. The van der Waals surface area contributed by atoms with E-state index in [0.717, 1.165) is 22.3 Å². The average Bonchev–Trinajstić information content (AvgIpc) is 3.83. The van der Waals surface area contributed by atoms with Crippen molar-refractivity contribution in [1.29, 1.82) is 0 Å². The van der Waals surface area contributed by atoms with Gasteiger partial charge < -0.3 is 9.13 Å². The third-order valence-corrected chi connectivity index (χ3v) is 8.95. The first-order chi connectivity index (χ1) is 28.8. The van der Waals surface area contributed by atoms with Crippen LogP contribution in [0.3, 0.4) is 0 Å². The Labute approximate surface area is 295 Å². The molecule has 0 N–H and O–H groups in total. The van der Waals surface area contributed by atoms with Crippen LogP contribution < -0.4 is 0 Å². The number of rotatable bonds is 4. The van der Waals surface area contributed by atoms with Crippen molar-refractivity contribution in [3.8, 4) is 33.6 Å². The first kappa shape index (κ1) is 17.5. The van der Waals surface area contributed by atoms with Crippen LogP contribution in [0.4, 0.5) is 0 Å². The highest BCUT2D eigenvalue weighted by Gasteiger charge is 2.20. The van der Waals surface area contributed by atoms with Crippen molar-refractivity contribution < 1.29 is 16.4 Å². The van der Waals surface area contributed by atoms with E-state index in [-0.39, 0.29) is 78.6 Å². The Balaban J connectivity index is 1.49. The van der Waals surface area contributed by atoms with Gasteiger partial charge in [-0.25, -0.2) is 0 Å². The fraction of sp³-hybridized carbons (Fsp3) is 0. The summed E-state index contributed by atoms with van der Waals surface area (Å²) < 4.78 is 113. The summed E-state index contributed by atoms with van der Waals surface area (Å²) in [6.07, 6.45) is 0. The Morgan fingerprint density at radius 3 is 1.79 bits per heavy atom. The van der Waals surface area contributed by atoms with Gasteiger partial charge in [0, 0.05) is 32.9 Å². The molecule has 48 heavy (non-hydrogen) atoms. The molecule has 0 spiro atoms. The number of hydrogen-bond acceptors (Lipinski definition) is 0. The highest BCUT2D eigenvalue weighted by atomic mass is 15.0. The molecule has 0 unspecified atom stereocenters. The van der Waals surface area contributed by atoms with Crippen LogP contribution in [-0.4, -0.2) is 9.13 Å². The topological polar surface area (TPSA) is 9.86 Å². The zero-order chi connectivity index (χ0) is 42.0. The molecule has 0 aliphatic carbocycles. The van der Waals surface area contributed by atoms with Gasteiger partial charge in [-0.15, -0.1) is 0 Å². The largest absolute Gasteiger partial charge is 0.309 e. The van der Waals surface area contributed by atoms with Crippen molar-refractivity contribution in [2.24, 2.45) is 0 Å². The molecule has 0 bridgehead atoms. The summed E-state index contributed by atoms with van der Waals surface area (Å²) in [6.45, 7) is 0. The van der Waals surface area contributed by atoms with Crippen LogP contribution in [0.25, 0.3) is 88.0 Å². The molecule has 0 atom stereocenters. The number of benzene rings is 8. The van der Waals surface area contributed by atoms with E-state index >= 15 is 0 Å². The molecule has 0 radical (unpaired) electrons. The molecule has 10 aromatic rings. The third kappa shape index (κ3) is 4.00. The number of nitrogens with zero attached hydrogens (tertiary/aromatic N) is 2. The molecule has 0 fully saturated rings. The van der Waals surface area contributed by atoms with E-state index in [2.05, 4.69) is 0 Å². The molecular weight excluding hydrogens is 581 g/mol. The highest BCUT2D eigenvalue weighted by molar-refractivity contribution is 6.25. The van der Waals surface area contributed by atoms with Crippen LogP contribution in [0.5, 0.6) is 0 Å². The Kier molecular flexibility index (Phi) is 3.86. The zero-order valence-corrected chi connectivity index (χ0v) is 25.3. The lowest BCUT2D eigenvalue weighted by atomic mass is 9.94. The molecule has 2 heterocycles. The lowest BCUT2D eigenvalue weighted by Crippen LogP contribution is -1.97. The summed E-state index contributed by atoms with van der Waals surface area (Å²) in [6, 6.07) is 28.8. The average molecular weight is 623 g/mol. The zero-order valence-electron chi connectivity index (χ0n) is 37.3. The number of hydrogen-bond donors (Lipinski definition) is 0. The molecule has 10 rings (SSSR count). The molecule has 0 aliphatic heterocycles. The first-order valence-electron chi connectivity index (χ1n) is 21.6. The van der Waals surface area contributed by atoms with Crippen molar-refractivity contribution >= 4 is 54.4 Å². The molecule has 2 heteroatoms. The van der Waals surface area contributed by atoms with Crippen LogP contribution >= 0.6 is 0 Å². The van der Waals surface area contributed by atoms with Crippen LogP contribution in [0, 0.1) is 0 Å². The van der Waals surface area contributed by atoms with Gasteiger partial charge in [-0.05, 0) is 81.5 Å². The SMILES string of the molecule is [2H]c1c([2H])c([2H])c2c(c1[2H])c([2H])c([2H])c1c2c2c([2H])c3c4c([2H])c([2H])c([2H])c([2H])c4n(-c4ccc(-c5ccccc5)c(-c5ccccc5)c4)c3c([2H])c2n1-c1ccccc1. The van der Waals surface area contributed by atoms with Gasteiger partial charge >= 0.3 is 0 Å². The van der Waals surface area contributed by atoms with Crippen molar-refractivity contribution in [2.75, 3.05) is 0 Å². The number of aromatic nitrogens is 2. The maximum Gasteiger partial charge on any atom is 0.0668 e. The van der Waals surface area contributed by atoms with Crippen LogP contribution in [-0.2, 0) is 0 Å². The van der Waals surface area contributed by atoms with E-state index in [4.69, 9.17) is 9.60 Å². The maximum absolute atomic E-state index is 10.2. The van der Waals surface area contributed by atoms with Gasteiger partial charge in [-0.1, -0.05) is 133 Å². The molecule has 8 aromatic carbocycles. The van der Waals surface area contributed by atoms with Crippen LogP contribution in [0.2, 0.25) is 0 Å². The molecular formula is C46H30N2. The van der Waals surface area contributed by atoms with E-state index in [1.807, 2.05) is 78.9 Å². The second kappa shape index (κ2) is 10.6. The normalized spacial score (nSPS) is 15.2. The second-order valence-electron chi connectivity index (χ2n) is 11.6. The smallest absolute Gasteiger partial charge is 0.0668 e. The fourth-order valence-corrected chi connectivity index (χ4v) is 6.85. The summed E-state index contributed by atoms with van der Waals surface area (Å²) in [5, 5.41) is -0.139. The minimum Gasteiger partial charge on any atom is -0.309 e. The van der Waals surface area contributed by atoms with E-state index in [0.29, 0.717) is 11.4 Å². The Morgan fingerprint density at radius 1 is 0.396 bits per heavy atom.